The summed E-state index contributed by atoms with van der Waals surface area (Å²) in [6, 6.07) is 37.3. The number of nitrogens with zero attached hydrogens (tertiary/aromatic N) is 2. The van der Waals surface area contributed by atoms with E-state index in [-0.39, 0.29) is 5.41 Å². The maximum absolute atomic E-state index is 5.33. The molecule has 8 rings (SSSR count). The number of aromatic nitrogens is 2. The molecule has 0 bridgehead atoms. The topological polar surface area (TPSA) is 25.8 Å². The number of hydrogen-bond acceptors (Lipinski definition) is 2. The summed E-state index contributed by atoms with van der Waals surface area (Å²) in [4.78, 5) is 10.0. The molecule has 2 aromatic heterocycles. The van der Waals surface area contributed by atoms with Gasteiger partial charge < -0.3 is 0 Å². The third kappa shape index (κ3) is 1.96. The average molecular weight is 418 g/mol. The van der Waals surface area contributed by atoms with Gasteiger partial charge >= 0.3 is 0 Å². The standard InChI is InChI=1S/C31H18N2/c1-4-12-24-21(9-1)22-10-2-5-13-25(22)31(24)26-14-6-3-11-23(26)30-27(31)18-20-16-15-19-8-7-17-32-28(19)29(20)33-30/h1-18H. The highest BCUT2D eigenvalue weighted by Gasteiger charge is 2.52. The van der Waals surface area contributed by atoms with Crippen molar-refractivity contribution in [3.8, 4) is 22.4 Å². The van der Waals surface area contributed by atoms with E-state index < -0.39 is 0 Å². The van der Waals surface area contributed by atoms with Crippen LogP contribution in [0.2, 0.25) is 0 Å². The molecule has 0 atom stereocenters. The molecule has 0 unspecified atom stereocenters. The van der Waals surface area contributed by atoms with Gasteiger partial charge in [0.25, 0.3) is 0 Å². The van der Waals surface area contributed by atoms with E-state index in [0.29, 0.717) is 0 Å². The minimum absolute atomic E-state index is 0.348. The van der Waals surface area contributed by atoms with Crippen LogP contribution in [0.25, 0.3) is 44.2 Å². The highest BCUT2D eigenvalue weighted by Crippen LogP contribution is 2.62. The Kier molecular flexibility index (Phi) is 3.11. The maximum atomic E-state index is 5.33. The van der Waals surface area contributed by atoms with Gasteiger partial charge in [0.05, 0.1) is 22.1 Å². The molecule has 4 aromatic carbocycles. The number of hydrogen-bond donors (Lipinski definition) is 0. The van der Waals surface area contributed by atoms with Gasteiger partial charge in [-0.25, -0.2) is 4.98 Å². The summed E-state index contributed by atoms with van der Waals surface area (Å²) in [5, 5.41) is 2.25. The van der Waals surface area contributed by atoms with Crippen molar-refractivity contribution in [3.05, 3.63) is 132 Å². The Labute approximate surface area is 191 Å². The van der Waals surface area contributed by atoms with Gasteiger partial charge in [0, 0.05) is 22.5 Å². The van der Waals surface area contributed by atoms with Crippen LogP contribution < -0.4 is 0 Å². The smallest absolute Gasteiger partial charge is 0.0972 e. The van der Waals surface area contributed by atoms with Crippen LogP contribution in [0.4, 0.5) is 0 Å². The zero-order chi connectivity index (χ0) is 21.6. The fraction of sp³-hybridized carbons (Fsp3) is 0.0323. The van der Waals surface area contributed by atoms with Crippen LogP contribution in [0.1, 0.15) is 22.3 Å². The lowest BCUT2D eigenvalue weighted by Gasteiger charge is -2.30. The van der Waals surface area contributed by atoms with E-state index in [1.165, 1.54) is 38.9 Å². The summed E-state index contributed by atoms with van der Waals surface area (Å²) in [7, 11) is 0. The van der Waals surface area contributed by atoms with Crippen molar-refractivity contribution >= 4 is 21.8 Å². The van der Waals surface area contributed by atoms with Gasteiger partial charge in [-0.3, -0.25) is 4.98 Å². The molecule has 6 aromatic rings. The molecule has 33 heavy (non-hydrogen) atoms. The number of fused-ring (bicyclic) bond motifs is 13. The first-order valence-electron chi connectivity index (χ1n) is 11.4. The normalized spacial score (nSPS) is 14.3. The van der Waals surface area contributed by atoms with Crippen molar-refractivity contribution < 1.29 is 0 Å². The summed E-state index contributed by atoms with van der Waals surface area (Å²) in [6.45, 7) is 0. The third-order valence-electron chi connectivity index (χ3n) is 7.50. The Balaban J connectivity index is 1.60. The molecular weight excluding hydrogens is 400 g/mol. The molecule has 2 aliphatic rings. The largest absolute Gasteiger partial charge is 0.254 e. The van der Waals surface area contributed by atoms with E-state index in [1.807, 2.05) is 12.3 Å². The second-order valence-electron chi connectivity index (χ2n) is 8.98. The first-order valence-corrected chi connectivity index (χ1v) is 11.4. The quantitative estimate of drug-likeness (QED) is 0.245. The van der Waals surface area contributed by atoms with Crippen LogP contribution in [-0.4, -0.2) is 9.97 Å². The van der Waals surface area contributed by atoms with Crippen molar-refractivity contribution in [1.82, 2.24) is 9.97 Å². The minimum Gasteiger partial charge on any atom is -0.254 e. The molecule has 0 fully saturated rings. The van der Waals surface area contributed by atoms with Gasteiger partial charge in [0.15, 0.2) is 0 Å². The molecule has 0 saturated heterocycles. The molecule has 2 heterocycles. The van der Waals surface area contributed by atoms with Crippen molar-refractivity contribution in [2.24, 2.45) is 0 Å². The summed E-state index contributed by atoms with van der Waals surface area (Å²) < 4.78 is 0. The fourth-order valence-electron chi connectivity index (χ4n) is 6.24. The van der Waals surface area contributed by atoms with Gasteiger partial charge in [0.1, 0.15) is 0 Å². The van der Waals surface area contributed by atoms with Crippen molar-refractivity contribution in [1.29, 1.82) is 0 Å². The van der Waals surface area contributed by atoms with Crippen LogP contribution in [0, 0.1) is 0 Å². The summed E-state index contributed by atoms with van der Waals surface area (Å²) in [6.07, 6.45) is 1.86. The molecule has 0 N–H and O–H groups in total. The minimum atomic E-state index is -0.348. The van der Waals surface area contributed by atoms with E-state index >= 15 is 0 Å². The van der Waals surface area contributed by atoms with E-state index in [4.69, 9.17) is 4.98 Å². The van der Waals surface area contributed by atoms with Crippen molar-refractivity contribution in [2.75, 3.05) is 0 Å². The van der Waals surface area contributed by atoms with Gasteiger partial charge in [-0.05, 0) is 45.5 Å². The molecule has 0 radical (unpaired) electrons. The van der Waals surface area contributed by atoms with E-state index in [1.54, 1.807) is 0 Å². The van der Waals surface area contributed by atoms with E-state index in [0.717, 1.165) is 27.5 Å². The van der Waals surface area contributed by atoms with Crippen LogP contribution in [0.15, 0.2) is 109 Å². The molecule has 0 aliphatic heterocycles. The molecule has 152 valence electrons. The summed E-state index contributed by atoms with van der Waals surface area (Å²) in [5.41, 5.74) is 11.8. The highest BCUT2D eigenvalue weighted by molar-refractivity contribution is 6.05. The van der Waals surface area contributed by atoms with Crippen molar-refractivity contribution in [3.63, 3.8) is 0 Å². The lowest BCUT2D eigenvalue weighted by atomic mass is 9.70. The SMILES string of the molecule is c1ccc2c(c1)-c1ccccc1C21c2ccccc2-c2nc3c(ccc4cccnc43)cc21. The third-order valence-corrected chi connectivity index (χ3v) is 7.50. The Bertz CT molecular complexity index is 1730. The summed E-state index contributed by atoms with van der Waals surface area (Å²) in [5.74, 6) is 0. The van der Waals surface area contributed by atoms with Crippen LogP contribution in [0.5, 0.6) is 0 Å². The predicted octanol–water partition coefficient (Wildman–Crippen LogP) is 7.13. The van der Waals surface area contributed by atoms with E-state index in [2.05, 4.69) is 102 Å². The summed E-state index contributed by atoms with van der Waals surface area (Å²) >= 11 is 0. The number of rotatable bonds is 0. The molecule has 0 saturated carbocycles. The van der Waals surface area contributed by atoms with Crippen LogP contribution in [0.3, 0.4) is 0 Å². The molecule has 2 heteroatoms. The van der Waals surface area contributed by atoms with E-state index in [9.17, 15) is 0 Å². The van der Waals surface area contributed by atoms with Gasteiger partial charge in [-0.15, -0.1) is 0 Å². The molecule has 2 nitrogen and oxygen atoms in total. The number of benzene rings is 4. The van der Waals surface area contributed by atoms with Crippen LogP contribution in [-0.2, 0) is 5.41 Å². The number of pyridine rings is 2. The van der Waals surface area contributed by atoms with Gasteiger partial charge in [-0.1, -0.05) is 91.0 Å². The fourth-order valence-corrected chi connectivity index (χ4v) is 6.24. The second-order valence-corrected chi connectivity index (χ2v) is 8.98. The van der Waals surface area contributed by atoms with Crippen molar-refractivity contribution in [2.45, 2.75) is 5.41 Å². The zero-order valence-electron chi connectivity index (χ0n) is 17.8. The lowest BCUT2D eigenvalue weighted by molar-refractivity contribution is 0.793. The molecule has 1 spiro atoms. The Morgan fingerprint density at radius 1 is 0.485 bits per heavy atom. The Morgan fingerprint density at radius 2 is 1.09 bits per heavy atom. The van der Waals surface area contributed by atoms with Crippen LogP contribution >= 0.6 is 0 Å². The molecular formula is C31H18N2. The first-order chi connectivity index (χ1) is 16.4. The highest BCUT2D eigenvalue weighted by atomic mass is 14.8. The predicted molar refractivity (Wildman–Crippen MR) is 133 cm³/mol. The average Bonchev–Trinajstić information content (AvgIpc) is 3.35. The molecule has 2 aliphatic carbocycles. The monoisotopic (exact) mass is 418 g/mol. The van der Waals surface area contributed by atoms with Gasteiger partial charge in [-0.2, -0.15) is 0 Å². The molecule has 0 amide bonds. The second kappa shape index (κ2) is 5.93. The van der Waals surface area contributed by atoms with Gasteiger partial charge in [0.2, 0.25) is 0 Å². The first kappa shape index (κ1) is 17.3. The zero-order valence-corrected chi connectivity index (χ0v) is 17.8. The Morgan fingerprint density at radius 3 is 1.82 bits per heavy atom. The maximum Gasteiger partial charge on any atom is 0.0972 e. The lowest BCUT2D eigenvalue weighted by Crippen LogP contribution is -2.25. The Hall–Kier alpha value is -4.30.